The Hall–Kier alpha value is -3.75. The number of carbonyl (C=O) groups excluding carboxylic acids is 3. The van der Waals surface area contributed by atoms with Crippen molar-refractivity contribution in [1.29, 1.82) is 0 Å². The summed E-state index contributed by atoms with van der Waals surface area (Å²) < 4.78 is 12.0. The Morgan fingerprint density at radius 1 is 1.15 bits per heavy atom. The maximum absolute atomic E-state index is 14.8. The van der Waals surface area contributed by atoms with Gasteiger partial charge in [0.05, 0.1) is 30.6 Å². The molecule has 41 heavy (non-hydrogen) atoms. The summed E-state index contributed by atoms with van der Waals surface area (Å²) in [6.07, 6.45) is 3.95. The number of carbonyl (C=O) groups is 3. The monoisotopic (exact) mass is 558 g/mol. The molecule has 3 saturated heterocycles. The number of nitrogens with zero attached hydrogens (tertiary/aromatic N) is 2. The second kappa shape index (κ2) is 11.6. The molecule has 8 nitrogen and oxygen atoms in total. The van der Waals surface area contributed by atoms with E-state index >= 15 is 0 Å². The molecule has 8 heteroatoms. The van der Waals surface area contributed by atoms with E-state index in [9.17, 15) is 19.5 Å². The number of aliphatic hydroxyl groups is 1. The predicted octanol–water partition coefficient (Wildman–Crippen LogP) is 3.53. The number of ether oxygens (including phenoxy) is 2. The highest BCUT2D eigenvalue weighted by atomic mass is 16.6. The molecule has 2 aromatic rings. The van der Waals surface area contributed by atoms with Crippen LogP contribution in [0.1, 0.15) is 29.5 Å². The molecule has 0 aliphatic carbocycles. The highest BCUT2D eigenvalue weighted by Gasteiger charge is 2.75. The standard InChI is InChI=1S/C33H38N2O6/c1-5-17-34(28-21(3)11-10-12-22(28)4)31(38)29-33-16-15-25(41-33)26(32(39)40-18-6-2)27(33)30(37)35(29)24(20-36)19-23-13-8-7-9-14-23/h5-14,24-27,29,36H,1-2,15-20H2,3-4H3/t24-,25-,26+,27+,29?,33?/m1/s1. The quantitative estimate of drug-likeness (QED) is 0.335. The van der Waals surface area contributed by atoms with Gasteiger partial charge in [0, 0.05) is 12.2 Å². The zero-order valence-electron chi connectivity index (χ0n) is 23.7. The lowest BCUT2D eigenvalue weighted by Crippen LogP contribution is -2.59. The van der Waals surface area contributed by atoms with Crippen molar-refractivity contribution in [1.82, 2.24) is 4.90 Å². The molecule has 2 aromatic carbocycles. The largest absolute Gasteiger partial charge is 0.461 e. The molecule has 3 aliphatic heterocycles. The molecule has 0 aromatic heterocycles. The lowest BCUT2D eigenvalue weighted by atomic mass is 9.70. The number of esters is 1. The number of rotatable bonds is 11. The first kappa shape index (κ1) is 28.8. The van der Waals surface area contributed by atoms with E-state index in [1.54, 1.807) is 11.0 Å². The smallest absolute Gasteiger partial charge is 0.312 e. The summed E-state index contributed by atoms with van der Waals surface area (Å²) in [5.41, 5.74) is 2.29. The van der Waals surface area contributed by atoms with E-state index < -0.39 is 41.6 Å². The summed E-state index contributed by atoms with van der Waals surface area (Å²) in [4.78, 5) is 45.7. The third-order valence-corrected chi connectivity index (χ3v) is 8.79. The van der Waals surface area contributed by atoms with E-state index in [2.05, 4.69) is 13.2 Å². The summed E-state index contributed by atoms with van der Waals surface area (Å²) >= 11 is 0. The molecule has 0 radical (unpaired) electrons. The van der Waals surface area contributed by atoms with Crippen molar-refractivity contribution in [2.24, 2.45) is 11.8 Å². The summed E-state index contributed by atoms with van der Waals surface area (Å²) in [6.45, 7) is 11.3. The van der Waals surface area contributed by atoms with Gasteiger partial charge in [-0.2, -0.15) is 0 Å². The van der Waals surface area contributed by atoms with Gasteiger partial charge in [-0.05, 0) is 49.8 Å². The first-order chi connectivity index (χ1) is 19.8. The molecule has 2 amide bonds. The summed E-state index contributed by atoms with van der Waals surface area (Å²) in [5.74, 6) is -2.92. The zero-order chi connectivity index (χ0) is 29.3. The van der Waals surface area contributed by atoms with E-state index in [0.29, 0.717) is 19.3 Å². The SMILES string of the molecule is C=CCOC(=O)[C@@H]1[C@H]2C(=O)N([C@@H](CO)Cc3ccccc3)C(C(=O)N(CC=C)c3c(C)cccc3C)C23CC[C@H]1O3. The average Bonchev–Trinajstić information content (AvgIpc) is 3.61. The van der Waals surface area contributed by atoms with Gasteiger partial charge < -0.3 is 24.4 Å². The number of hydrogen-bond acceptors (Lipinski definition) is 6. The van der Waals surface area contributed by atoms with E-state index in [-0.39, 0.29) is 31.6 Å². The molecular formula is C33H38N2O6. The number of aliphatic hydroxyl groups excluding tert-OH is 1. The highest BCUT2D eigenvalue weighted by molar-refractivity contribution is 6.05. The van der Waals surface area contributed by atoms with Crippen molar-refractivity contribution in [2.75, 3.05) is 24.7 Å². The minimum absolute atomic E-state index is 0.0228. The number of para-hydroxylation sites is 1. The topological polar surface area (TPSA) is 96.4 Å². The molecule has 2 unspecified atom stereocenters. The number of aryl methyl sites for hydroxylation is 2. The fourth-order valence-electron chi connectivity index (χ4n) is 7.21. The first-order valence-electron chi connectivity index (χ1n) is 14.2. The van der Waals surface area contributed by atoms with Crippen LogP contribution in [0.2, 0.25) is 0 Å². The molecule has 1 spiro atoms. The van der Waals surface area contributed by atoms with Gasteiger partial charge in [0.1, 0.15) is 18.2 Å². The number of hydrogen-bond donors (Lipinski definition) is 1. The molecule has 6 atom stereocenters. The normalized spacial score (nSPS) is 26.9. The third kappa shape index (κ3) is 4.79. The van der Waals surface area contributed by atoms with Crippen molar-refractivity contribution in [2.45, 2.75) is 56.9 Å². The molecule has 3 heterocycles. The van der Waals surface area contributed by atoms with Crippen molar-refractivity contribution in [3.05, 3.63) is 90.5 Å². The van der Waals surface area contributed by atoms with Crippen molar-refractivity contribution >= 4 is 23.5 Å². The fraction of sp³-hybridized carbons (Fsp3) is 0.424. The average molecular weight is 559 g/mol. The number of amides is 2. The van der Waals surface area contributed by atoms with Gasteiger partial charge in [0.25, 0.3) is 5.91 Å². The highest BCUT2D eigenvalue weighted by Crippen LogP contribution is 2.59. The Morgan fingerprint density at radius 2 is 1.85 bits per heavy atom. The molecule has 2 bridgehead atoms. The van der Waals surface area contributed by atoms with Gasteiger partial charge in [0.2, 0.25) is 5.91 Å². The Morgan fingerprint density at radius 3 is 2.49 bits per heavy atom. The molecule has 3 aliphatic rings. The third-order valence-electron chi connectivity index (χ3n) is 8.79. The number of benzene rings is 2. The minimum atomic E-state index is -1.21. The fourth-order valence-corrected chi connectivity index (χ4v) is 7.21. The first-order valence-corrected chi connectivity index (χ1v) is 14.2. The van der Waals surface area contributed by atoms with E-state index in [4.69, 9.17) is 9.47 Å². The molecule has 3 fully saturated rings. The van der Waals surface area contributed by atoms with Gasteiger partial charge >= 0.3 is 5.97 Å². The number of fused-ring (bicyclic) bond motifs is 1. The van der Waals surface area contributed by atoms with Crippen molar-refractivity contribution in [3.8, 4) is 0 Å². The number of anilines is 1. The van der Waals surface area contributed by atoms with Crippen LogP contribution in [0.4, 0.5) is 5.69 Å². The second-order valence-electron chi connectivity index (χ2n) is 11.2. The lowest BCUT2D eigenvalue weighted by molar-refractivity contribution is -0.154. The molecule has 1 N–H and O–H groups in total. The van der Waals surface area contributed by atoms with Crippen LogP contribution in [0.25, 0.3) is 0 Å². The van der Waals surface area contributed by atoms with Gasteiger partial charge in [0.15, 0.2) is 0 Å². The van der Waals surface area contributed by atoms with Crippen molar-refractivity contribution < 1.29 is 29.0 Å². The molecular weight excluding hydrogens is 520 g/mol. The summed E-state index contributed by atoms with van der Waals surface area (Å²) in [6, 6.07) is 13.6. The summed E-state index contributed by atoms with van der Waals surface area (Å²) in [7, 11) is 0. The Kier molecular flexibility index (Phi) is 8.16. The Labute approximate surface area is 241 Å². The van der Waals surface area contributed by atoms with Gasteiger partial charge in [-0.3, -0.25) is 14.4 Å². The Bertz CT molecular complexity index is 1320. The predicted molar refractivity (Wildman–Crippen MR) is 155 cm³/mol. The molecule has 216 valence electrons. The van der Waals surface area contributed by atoms with Gasteiger partial charge in [-0.1, -0.05) is 67.3 Å². The van der Waals surface area contributed by atoms with E-state index in [1.165, 1.54) is 11.0 Å². The zero-order valence-corrected chi connectivity index (χ0v) is 23.7. The Balaban J connectivity index is 1.62. The van der Waals surface area contributed by atoms with Crippen LogP contribution < -0.4 is 4.90 Å². The van der Waals surface area contributed by atoms with Crippen LogP contribution in [-0.4, -0.2) is 71.3 Å². The summed E-state index contributed by atoms with van der Waals surface area (Å²) in [5, 5.41) is 10.7. The van der Waals surface area contributed by atoms with Crippen LogP contribution >= 0.6 is 0 Å². The van der Waals surface area contributed by atoms with Crippen LogP contribution in [0.15, 0.2) is 73.8 Å². The number of likely N-dealkylation sites (tertiary alicyclic amines) is 1. The second-order valence-corrected chi connectivity index (χ2v) is 11.2. The van der Waals surface area contributed by atoms with Crippen LogP contribution in [0.3, 0.4) is 0 Å². The molecule has 5 rings (SSSR count). The molecule has 0 saturated carbocycles. The van der Waals surface area contributed by atoms with Crippen LogP contribution in [-0.2, 0) is 30.3 Å². The maximum Gasteiger partial charge on any atom is 0.312 e. The van der Waals surface area contributed by atoms with Gasteiger partial charge in [-0.15, -0.1) is 6.58 Å². The maximum atomic E-state index is 14.8. The minimum Gasteiger partial charge on any atom is -0.461 e. The van der Waals surface area contributed by atoms with E-state index in [1.807, 2.05) is 62.4 Å². The van der Waals surface area contributed by atoms with Gasteiger partial charge in [-0.25, -0.2) is 0 Å². The van der Waals surface area contributed by atoms with Crippen molar-refractivity contribution in [3.63, 3.8) is 0 Å². The lowest BCUT2D eigenvalue weighted by Gasteiger charge is -2.40. The van der Waals surface area contributed by atoms with Crippen LogP contribution in [0, 0.1) is 25.7 Å². The van der Waals surface area contributed by atoms with Crippen LogP contribution in [0.5, 0.6) is 0 Å². The van der Waals surface area contributed by atoms with E-state index in [0.717, 1.165) is 22.4 Å².